The van der Waals surface area contributed by atoms with Gasteiger partial charge in [-0.25, -0.2) is 0 Å². The second kappa shape index (κ2) is 11.7. The van der Waals surface area contributed by atoms with Gasteiger partial charge in [-0.05, 0) is 25.7 Å². The summed E-state index contributed by atoms with van der Waals surface area (Å²) in [5.41, 5.74) is 0. The first kappa shape index (κ1) is 16.2. The molecule has 1 rings (SSSR count). The second-order valence-corrected chi connectivity index (χ2v) is 4.26. The molecule has 0 spiro atoms. The molecule has 0 bridgehead atoms. The molecule has 1 saturated heterocycles. The van der Waals surface area contributed by atoms with Gasteiger partial charge in [0.2, 0.25) is 5.91 Å². The van der Waals surface area contributed by atoms with Gasteiger partial charge in [0.05, 0.1) is 0 Å². The monoisotopic (exact) mass is 257 g/mol. The van der Waals surface area contributed by atoms with E-state index in [4.69, 9.17) is 11.6 Å². The van der Waals surface area contributed by atoms with E-state index in [2.05, 4.69) is 25.7 Å². The van der Waals surface area contributed by atoms with Crippen molar-refractivity contribution in [3.05, 3.63) is 24.8 Å². The third-order valence-corrected chi connectivity index (χ3v) is 2.71. The van der Waals surface area contributed by atoms with Gasteiger partial charge in [0.1, 0.15) is 0 Å². The molecule has 0 aromatic heterocycles. The lowest BCUT2D eigenvalue weighted by Crippen LogP contribution is -2.26. The topological polar surface area (TPSA) is 20.3 Å². The van der Waals surface area contributed by atoms with Crippen LogP contribution >= 0.6 is 11.6 Å². The minimum atomic E-state index is 0.332. The van der Waals surface area contributed by atoms with Gasteiger partial charge in [-0.2, -0.15) is 0 Å². The summed E-state index contributed by atoms with van der Waals surface area (Å²) in [4.78, 5) is 13.5. The van der Waals surface area contributed by atoms with Crippen LogP contribution in [0.4, 0.5) is 0 Å². The van der Waals surface area contributed by atoms with Crippen molar-refractivity contribution in [1.29, 1.82) is 0 Å². The van der Waals surface area contributed by atoms with Gasteiger partial charge >= 0.3 is 0 Å². The fraction of sp³-hybridized carbons (Fsp3) is 0.643. The predicted molar refractivity (Wildman–Crippen MR) is 75.4 cm³/mol. The standard InChI is InChI=1S/C11H19NO.C3H5Cl/c1-2-3-4-5-8-11(13)12-9-6-7-10-12;1-2-3-4/h3-4H,2,5-10H2,1H3;2H,1,3H2/b4-3+;. The van der Waals surface area contributed by atoms with Crippen molar-refractivity contribution in [2.24, 2.45) is 0 Å². The van der Waals surface area contributed by atoms with E-state index in [0.717, 1.165) is 25.9 Å². The lowest BCUT2D eigenvalue weighted by Gasteiger charge is -2.13. The van der Waals surface area contributed by atoms with Crippen molar-refractivity contribution in [2.75, 3.05) is 19.0 Å². The molecule has 3 heteroatoms. The third kappa shape index (κ3) is 8.99. The first-order valence-corrected chi connectivity index (χ1v) is 6.89. The van der Waals surface area contributed by atoms with Crippen LogP contribution in [0.15, 0.2) is 24.8 Å². The molecule has 1 fully saturated rings. The lowest BCUT2D eigenvalue weighted by atomic mass is 10.2. The maximum absolute atomic E-state index is 11.5. The van der Waals surface area contributed by atoms with Crippen LogP contribution in [-0.4, -0.2) is 29.8 Å². The number of nitrogens with zero attached hydrogens (tertiary/aromatic N) is 1. The van der Waals surface area contributed by atoms with E-state index in [-0.39, 0.29) is 0 Å². The SMILES string of the molecule is C=CCCl.CC/C=C/CCC(=O)N1CCCC1. The fourth-order valence-electron chi connectivity index (χ4n) is 1.62. The Morgan fingerprint density at radius 1 is 1.35 bits per heavy atom. The molecular formula is C14H24ClNO. The number of halogens is 1. The van der Waals surface area contributed by atoms with Crippen molar-refractivity contribution in [3.63, 3.8) is 0 Å². The molecule has 0 N–H and O–H groups in total. The molecule has 1 amide bonds. The van der Waals surface area contributed by atoms with Gasteiger partial charge in [-0.3, -0.25) is 4.79 Å². The summed E-state index contributed by atoms with van der Waals surface area (Å²) in [6.07, 6.45) is 10.9. The zero-order valence-electron chi connectivity index (χ0n) is 10.8. The van der Waals surface area contributed by atoms with E-state index in [0.29, 0.717) is 18.2 Å². The Balaban J connectivity index is 0.000000557. The number of rotatable bonds is 5. The average molecular weight is 258 g/mol. The zero-order chi connectivity index (χ0) is 12.9. The molecule has 17 heavy (non-hydrogen) atoms. The first-order valence-electron chi connectivity index (χ1n) is 6.35. The summed E-state index contributed by atoms with van der Waals surface area (Å²) in [5.74, 6) is 0.887. The number of carbonyl (C=O) groups excluding carboxylic acids is 1. The van der Waals surface area contributed by atoms with Gasteiger partial charge in [0.25, 0.3) is 0 Å². The van der Waals surface area contributed by atoms with Crippen molar-refractivity contribution in [1.82, 2.24) is 4.90 Å². The lowest BCUT2D eigenvalue weighted by molar-refractivity contribution is -0.130. The van der Waals surface area contributed by atoms with E-state index in [1.807, 2.05) is 4.90 Å². The van der Waals surface area contributed by atoms with E-state index < -0.39 is 0 Å². The highest BCUT2D eigenvalue weighted by molar-refractivity contribution is 6.18. The van der Waals surface area contributed by atoms with Crippen LogP contribution in [0.25, 0.3) is 0 Å². The van der Waals surface area contributed by atoms with Crippen LogP contribution in [0.2, 0.25) is 0 Å². The highest BCUT2D eigenvalue weighted by Crippen LogP contribution is 2.09. The summed E-state index contributed by atoms with van der Waals surface area (Å²) in [7, 11) is 0. The molecule has 0 aromatic carbocycles. The number of amides is 1. The molecule has 98 valence electrons. The number of hydrogen-bond donors (Lipinski definition) is 0. The molecule has 0 saturated carbocycles. The van der Waals surface area contributed by atoms with Crippen LogP contribution < -0.4 is 0 Å². The number of likely N-dealkylation sites (tertiary alicyclic amines) is 1. The fourth-order valence-corrected chi connectivity index (χ4v) is 1.62. The van der Waals surface area contributed by atoms with Gasteiger partial charge < -0.3 is 4.90 Å². The number of carbonyl (C=O) groups is 1. The smallest absolute Gasteiger partial charge is 0.222 e. The van der Waals surface area contributed by atoms with E-state index in [9.17, 15) is 4.79 Å². The van der Waals surface area contributed by atoms with Gasteiger partial charge in [0, 0.05) is 25.4 Å². The average Bonchev–Trinajstić information content (AvgIpc) is 2.88. The Kier molecular flexibility index (Phi) is 11.2. The largest absolute Gasteiger partial charge is 0.343 e. The molecule has 1 aliphatic rings. The number of hydrogen-bond acceptors (Lipinski definition) is 1. The minimum absolute atomic E-state index is 0.332. The second-order valence-electron chi connectivity index (χ2n) is 3.95. The third-order valence-electron chi connectivity index (χ3n) is 2.50. The molecule has 1 aliphatic heterocycles. The van der Waals surface area contributed by atoms with Gasteiger partial charge in [-0.1, -0.05) is 25.2 Å². The van der Waals surface area contributed by atoms with E-state index in [1.54, 1.807) is 6.08 Å². The molecular weight excluding hydrogens is 234 g/mol. The first-order chi connectivity index (χ1) is 8.26. The summed E-state index contributed by atoms with van der Waals surface area (Å²) in [6, 6.07) is 0. The quantitative estimate of drug-likeness (QED) is 0.542. The summed E-state index contributed by atoms with van der Waals surface area (Å²) < 4.78 is 0. The molecule has 1 heterocycles. The molecule has 0 radical (unpaired) electrons. The van der Waals surface area contributed by atoms with E-state index >= 15 is 0 Å². The summed E-state index contributed by atoms with van der Waals surface area (Å²) in [5, 5.41) is 0. The maximum Gasteiger partial charge on any atom is 0.222 e. The predicted octanol–water partition coefficient (Wildman–Crippen LogP) is 3.77. The zero-order valence-corrected chi connectivity index (χ0v) is 11.6. The Morgan fingerprint density at radius 3 is 2.41 bits per heavy atom. The van der Waals surface area contributed by atoms with Crippen molar-refractivity contribution in [3.8, 4) is 0 Å². The Hall–Kier alpha value is -0.760. The minimum Gasteiger partial charge on any atom is -0.343 e. The molecule has 0 aromatic rings. The Morgan fingerprint density at radius 2 is 1.94 bits per heavy atom. The number of alkyl halides is 1. The van der Waals surface area contributed by atoms with Crippen LogP contribution in [-0.2, 0) is 4.79 Å². The van der Waals surface area contributed by atoms with Gasteiger partial charge in [-0.15, -0.1) is 18.2 Å². The van der Waals surface area contributed by atoms with Crippen LogP contribution in [0.3, 0.4) is 0 Å². The van der Waals surface area contributed by atoms with Crippen molar-refractivity contribution >= 4 is 17.5 Å². The normalized spacial score (nSPS) is 14.6. The van der Waals surface area contributed by atoms with E-state index in [1.165, 1.54) is 12.8 Å². The highest BCUT2D eigenvalue weighted by Gasteiger charge is 2.16. The Bertz CT molecular complexity index is 232. The molecule has 0 atom stereocenters. The highest BCUT2D eigenvalue weighted by atomic mass is 35.5. The molecule has 0 aliphatic carbocycles. The summed E-state index contributed by atoms with van der Waals surface area (Å²) >= 11 is 5.07. The van der Waals surface area contributed by atoms with Crippen LogP contribution in [0.1, 0.15) is 39.0 Å². The number of allylic oxidation sites excluding steroid dienone is 3. The summed E-state index contributed by atoms with van der Waals surface area (Å²) in [6.45, 7) is 7.42. The van der Waals surface area contributed by atoms with Crippen molar-refractivity contribution < 1.29 is 4.79 Å². The Labute approximate surface area is 110 Å². The van der Waals surface area contributed by atoms with Crippen LogP contribution in [0, 0.1) is 0 Å². The molecule has 0 unspecified atom stereocenters. The maximum atomic E-state index is 11.5. The van der Waals surface area contributed by atoms with Gasteiger partial charge in [0.15, 0.2) is 0 Å². The van der Waals surface area contributed by atoms with Crippen molar-refractivity contribution in [2.45, 2.75) is 39.0 Å². The van der Waals surface area contributed by atoms with Crippen LogP contribution in [0.5, 0.6) is 0 Å². The molecule has 2 nitrogen and oxygen atoms in total.